The number of nitrogens with zero attached hydrogens (tertiary/aromatic N) is 3. The molecule has 2 aliphatic rings. The van der Waals surface area contributed by atoms with Crippen molar-refractivity contribution in [1.82, 2.24) is 14.5 Å². The van der Waals surface area contributed by atoms with Crippen molar-refractivity contribution in [3.05, 3.63) is 30.5 Å². The molecule has 2 N–H and O–H groups in total. The largest absolute Gasteiger partial charge is 0.393 e. The van der Waals surface area contributed by atoms with Gasteiger partial charge in [0.2, 0.25) is 0 Å². The van der Waals surface area contributed by atoms with E-state index in [4.69, 9.17) is 0 Å². The monoisotopic (exact) mass is 328 g/mol. The van der Waals surface area contributed by atoms with Crippen molar-refractivity contribution in [2.45, 2.75) is 50.7 Å². The molecule has 6 heteroatoms. The van der Waals surface area contributed by atoms with Crippen molar-refractivity contribution in [3.8, 4) is 0 Å². The second kappa shape index (κ2) is 6.43. The number of aliphatic hydroxyl groups is 1. The van der Waals surface area contributed by atoms with Gasteiger partial charge in [-0.25, -0.2) is 9.31 Å². The number of fused-ring (bicyclic) bond motifs is 1. The van der Waals surface area contributed by atoms with Crippen molar-refractivity contribution < 1.29 is 9.90 Å². The molecular formula is C18H24N4O2. The Hall–Kier alpha value is -2.08. The van der Waals surface area contributed by atoms with Gasteiger partial charge in [-0.2, -0.15) is 0 Å². The van der Waals surface area contributed by atoms with Crippen LogP contribution in [0.25, 0.3) is 5.52 Å². The van der Waals surface area contributed by atoms with Crippen LogP contribution in [0.4, 0.5) is 10.6 Å². The Morgan fingerprint density at radius 3 is 2.92 bits per heavy atom. The Bertz CT molecular complexity index is 696. The molecule has 3 unspecified atom stereocenters. The fraction of sp³-hybridized carbons (Fsp3) is 0.556. The molecule has 3 heterocycles. The first kappa shape index (κ1) is 15.4. The molecular weight excluding hydrogens is 304 g/mol. The average Bonchev–Trinajstić information content (AvgIpc) is 3.21. The molecule has 2 aromatic rings. The second-order valence-electron chi connectivity index (χ2n) is 6.95. The van der Waals surface area contributed by atoms with Crippen LogP contribution in [-0.2, 0) is 0 Å². The van der Waals surface area contributed by atoms with Gasteiger partial charge < -0.3 is 10.0 Å². The van der Waals surface area contributed by atoms with Crippen LogP contribution in [-0.4, -0.2) is 44.3 Å². The van der Waals surface area contributed by atoms with E-state index in [9.17, 15) is 9.90 Å². The summed E-state index contributed by atoms with van der Waals surface area (Å²) in [5.41, 5.74) is 0.952. The van der Waals surface area contributed by atoms with E-state index < -0.39 is 0 Å². The van der Waals surface area contributed by atoms with Gasteiger partial charge in [0.25, 0.3) is 0 Å². The lowest BCUT2D eigenvalue weighted by Crippen LogP contribution is -2.46. The van der Waals surface area contributed by atoms with Crippen LogP contribution in [0.15, 0.2) is 30.5 Å². The summed E-state index contributed by atoms with van der Waals surface area (Å²) in [6, 6.07) is 7.74. The average molecular weight is 328 g/mol. The number of carbonyl (C=O) groups excluding carboxylic acids is 1. The van der Waals surface area contributed by atoms with Crippen molar-refractivity contribution in [1.29, 1.82) is 0 Å². The summed E-state index contributed by atoms with van der Waals surface area (Å²) in [7, 11) is 0. The zero-order chi connectivity index (χ0) is 16.5. The van der Waals surface area contributed by atoms with Crippen LogP contribution in [0.2, 0.25) is 0 Å². The standard InChI is InChI=1S/C18H24N4O2/c23-16-9-2-1-7-14(16)15-8-5-10-21(15)18(24)19-17-12-13-6-3-4-11-22(13)20-17/h3-4,6,11-12,14-16,23H,1-2,5,7-10H2,(H,19,20,24). The normalized spacial score (nSPS) is 27.5. The van der Waals surface area contributed by atoms with Crippen molar-refractivity contribution in [2.75, 3.05) is 11.9 Å². The van der Waals surface area contributed by atoms with E-state index in [0.29, 0.717) is 5.82 Å². The summed E-state index contributed by atoms with van der Waals surface area (Å²) < 4.78 is 1.75. The number of hydrogen-bond acceptors (Lipinski definition) is 3. The molecule has 1 saturated heterocycles. The highest BCUT2D eigenvalue weighted by Crippen LogP contribution is 2.34. The highest BCUT2D eigenvalue weighted by molar-refractivity contribution is 5.89. The molecule has 4 rings (SSSR count). The SMILES string of the molecule is O=C(Nc1cc2ccccn2n1)N1CCCC1C1CCCCC1O. The number of likely N-dealkylation sites (tertiary alicyclic amines) is 1. The summed E-state index contributed by atoms with van der Waals surface area (Å²) in [6.07, 6.45) is 7.71. The van der Waals surface area contributed by atoms with Gasteiger partial charge in [-0.15, -0.1) is 5.10 Å². The van der Waals surface area contributed by atoms with Crippen molar-refractivity contribution >= 4 is 17.4 Å². The molecule has 1 saturated carbocycles. The van der Waals surface area contributed by atoms with Crippen LogP contribution < -0.4 is 5.32 Å². The second-order valence-corrected chi connectivity index (χ2v) is 6.95. The number of pyridine rings is 1. The molecule has 2 amide bonds. The third kappa shape index (κ3) is 2.86. The van der Waals surface area contributed by atoms with Crippen molar-refractivity contribution in [3.63, 3.8) is 0 Å². The summed E-state index contributed by atoms with van der Waals surface area (Å²) >= 11 is 0. The number of amides is 2. The van der Waals surface area contributed by atoms with E-state index in [1.165, 1.54) is 0 Å². The third-order valence-electron chi connectivity index (χ3n) is 5.44. The topological polar surface area (TPSA) is 69.9 Å². The summed E-state index contributed by atoms with van der Waals surface area (Å²) in [4.78, 5) is 14.6. The van der Waals surface area contributed by atoms with Gasteiger partial charge in [-0.3, -0.25) is 5.32 Å². The number of aromatic nitrogens is 2. The molecule has 6 nitrogen and oxygen atoms in total. The Labute approximate surface area is 141 Å². The summed E-state index contributed by atoms with van der Waals surface area (Å²) in [5, 5.41) is 17.7. The van der Waals surface area contributed by atoms with Gasteiger partial charge in [0.1, 0.15) is 0 Å². The number of aliphatic hydroxyl groups excluding tert-OH is 1. The van der Waals surface area contributed by atoms with Crippen molar-refractivity contribution in [2.24, 2.45) is 5.92 Å². The highest BCUT2D eigenvalue weighted by Gasteiger charge is 2.39. The van der Waals surface area contributed by atoms with Gasteiger partial charge in [-0.05, 0) is 37.8 Å². The van der Waals surface area contributed by atoms with Gasteiger partial charge in [0.15, 0.2) is 5.82 Å². The molecule has 2 fully saturated rings. The van der Waals surface area contributed by atoms with Gasteiger partial charge >= 0.3 is 6.03 Å². The maximum Gasteiger partial charge on any atom is 0.323 e. The Kier molecular flexibility index (Phi) is 4.14. The Morgan fingerprint density at radius 1 is 1.21 bits per heavy atom. The molecule has 1 aliphatic heterocycles. The Morgan fingerprint density at radius 2 is 2.08 bits per heavy atom. The predicted octanol–water partition coefficient (Wildman–Crippen LogP) is 2.88. The smallest absolute Gasteiger partial charge is 0.323 e. The number of carbonyl (C=O) groups is 1. The molecule has 2 aromatic heterocycles. The van der Waals surface area contributed by atoms with E-state index in [-0.39, 0.29) is 24.1 Å². The van der Waals surface area contributed by atoms with Crippen LogP contribution in [0, 0.1) is 5.92 Å². The molecule has 0 aromatic carbocycles. The first-order valence-electron chi connectivity index (χ1n) is 8.92. The minimum atomic E-state index is -0.271. The minimum Gasteiger partial charge on any atom is -0.393 e. The quantitative estimate of drug-likeness (QED) is 0.890. The highest BCUT2D eigenvalue weighted by atomic mass is 16.3. The van der Waals surface area contributed by atoms with E-state index in [1.807, 2.05) is 35.4 Å². The lowest BCUT2D eigenvalue weighted by atomic mass is 9.80. The third-order valence-corrected chi connectivity index (χ3v) is 5.44. The lowest BCUT2D eigenvalue weighted by molar-refractivity contribution is 0.0320. The predicted molar refractivity (Wildman–Crippen MR) is 91.9 cm³/mol. The minimum absolute atomic E-state index is 0.0984. The fourth-order valence-corrected chi connectivity index (χ4v) is 4.26. The van der Waals surface area contributed by atoms with Gasteiger partial charge in [0, 0.05) is 30.8 Å². The maximum absolute atomic E-state index is 12.7. The lowest BCUT2D eigenvalue weighted by Gasteiger charge is -2.37. The number of anilines is 1. The zero-order valence-corrected chi connectivity index (χ0v) is 13.8. The number of nitrogens with one attached hydrogen (secondary N) is 1. The maximum atomic E-state index is 12.7. The number of rotatable bonds is 2. The molecule has 1 aliphatic carbocycles. The first-order chi connectivity index (χ1) is 11.7. The van der Waals surface area contributed by atoms with Crippen LogP contribution in [0.1, 0.15) is 38.5 Å². The molecule has 3 atom stereocenters. The molecule has 0 radical (unpaired) electrons. The van der Waals surface area contributed by atoms with E-state index in [1.54, 1.807) is 4.52 Å². The molecule has 0 spiro atoms. The molecule has 0 bridgehead atoms. The molecule has 24 heavy (non-hydrogen) atoms. The van der Waals surface area contributed by atoms with Gasteiger partial charge in [0.05, 0.1) is 11.6 Å². The fourth-order valence-electron chi connectivity index (χ4n) is 4.26. The van der Waals surface area contributed by atoms with E-state index in [2.05, 4.69) is 10.4 Å². The molecule has 128 valence electrons. The summed E-state index contributed by atoms with van der Waals surface area (Å²) in [5.74, 6) is 0.786. The van der Waals surface area contributed by atoms with Crippen LogP contribution >= 0.6 is 0 Å². The first-order valence-corrected chi connectivity index (χ1v) is 8.92. The Balaban J connectivity index is 1.48. The number of hydrogen-bond donors (Lipinski definition) is 2. The zero-order valence-electron chi connectivity index (χ0n) is 13.8. The van der Waals surface area contributed by atoms with Crippen LogP contribution in [0.5, 0.6) is 0 Å². The van der Waals surface area contributed by atoms with Crippen LogP contribution in [0.3, 0.4) is 0 Å². The van der Waals surface area contributed by atoms with E-state index >= 15 is 0 Å². The van der Waals surface area contributed by atoms with E-state index in [0.717, 1.165) is 50.6 Å². The number of urea groups is 1. The van der Waals surface area contributed by atoms with Gasteiger partial charge in [-0.1, -0.05) is 18.9 Å². The summed E-state index contributed by atoms with van der Waals surface area (Å²) in [6.45, 7) is 0.757.